The molecule has 1 aromatic rings. The van der Waals surface area contributed by atoms with Crippen LogP contribution >= 0.6 is 11.3 Å². The van der Waals surface area contributed by atoms with Gasteiger partial charge in [-0.2, -0.15) is 0 Å². The van der Waals surface area contributed by atoms with E-state index in [1.165, 1.54) is 18.4 Å². The molecule has 0 bridgehead atoms. The second-order valence-corrected chi connectivity index (χ2v) is 3.06. The number of ether oxygens (including phenoxy) is 1. The molecule has 0 spiro atoms. The Hall–Kier alpha value is -1.56. The SMILES string of the molecule is COC(=O)c1ccsc1N=C(N)N. The van der Waals surface area contributed by atoms with Crippen LogP contribution in [0.15, 0.2) is 16.4 Å². The predicted molar refractivity (Wildman–Crippen MR) is 51.1 cm³/mol. The first kappa shape index (κ1) is 9.53. The van der Waals surface area contributed by atoms with E-state index in [9.17, 15) is 4.79 Å². The highest BCUT2D eigenvalue weighted by molar-refractivity contribution is 7.14. The standard InChI is InChI=1S/C7H9N3O2S/c1-12-6(11)4-2-3-13-5(4)10-7(8)9/h2-3H,1H3,(H4,8,9,10). The van der Waals surface area contributed by atoms with E-state index < -0.39 is 5.97 Å². The first-order chi connectivity index (χ1) is 6.15. The van der Waals surface area contributed by atoms with E-state index in [0.717, 1.165) is 0 Å². The fraction of sp³-hybridized carbons (Fsp3) is 0.143. The van der Waals surface area contributed by atoms with Crippen molar-refractivity contribution in [3.8, 4) is 0 Å². The Morgan fingerprint density at radius 2 is 2.31 bits per heavy atom. The number of aliphatic imine (C=N–C) groups is 1. The maximum Gasteiger partial charge on any atom is 0.340 e. The zero-order valence-corrected chi connectivity index (χ0v) is 7.80. The van der Waals surface area contributed by atoms with Gasteiger partial charge in [-0.3, -0.25) is 0 Å². The minimum Gasteiger partial charge on any atom is -0.465 e. The van der Waals surface area contributed by atoms with E-state index in [1.54, 1.807) is 11.4 Å². The van der Waals surface area contributed by atoms with Crippen LogP contribution < -0.4 is 11.5 Å². The van der Waals surface area contributed by atoms with Crippen molar-refractivity contribution in [2.75, 3.05) is 7.11 Å². The van der Waals surface area contributed by atoms with Gasteiger partial charge in [-0.1, -0.05) is 0 Å². The molecule has 6 heteroatoms. The molecule has 0 radical (unpaired) electrons. The third-order valence-corrected chi connectivity index (χ3v) is 2.09. The Morgan fingerprint density at radius 1 is 1.62 bits per heavy atom. The quantitative estimate of drug-likeness (QED) is 0.411. The minimum absolute atomic E-state index is 0.0763. The zero-order chi connectivity index (χ0) is 9.84. The van der Waals surface area contributed by atoms with Gasteiger partial charge in [-0.15, -0.1) is 11.3 Å². The molecule has 0 aliphatic rings. The zero-order valence-electron chi connectivity index (χ0n) is 6.98. The monoisotopic (exact) mass is 199 g/mol. The predicted octanol–water partition coefficient (Wildman–Crippen LogP) is 0.440. The van der Waals surface area contributed by atoms with Crippen LogP contribution in [0, 0.1) is 0 Å². The summed E-state index contributed by atoms with van der Waals surface area (Å²) in [5.41, 5.74) is 10.7. The van der Waals surface area contributed by atoms with Crippen LogP contribution in [0.3, 0.4) is 0 Å². The summed E-state index contributed by atoms with van der Waals surface area (Å²) in [4.78, 5) is 14.9. The third kappa shape index (κ3) is 2.19. The molecule has 0 aliphatic heterocycles. The van der Waals surface area contributed by atoms with Crippen molar-refractivity contribution < 1.29 is 9.53 Å². The van der Waals surface area contributed by atoms with Crippen LogP contribution in [0.5, 0.6) is 0 Å². The summed E-state index contributed by atoms with van der Waals surface area (Å²) in [7, 11) is 1.30. The van der Waals surface area contributed by atoms with Gasteiger partial charge in [0, 0.05) is 0 Å². The Labute approximate surface area is 79.0 Å². The lowest BCUT2D eigenvalue weighted by atomic mass is 10.3. The summed E-state index contributed by atoms with van der Waals surface area (Å²) >= 11 is 1.27. The van der Waals surface area contributed by atoms with Gasteiger partial charge in [-0.05, 0) is 11.4 Å². The Balaban J connectivity index is 3.03. The van der Waals surface area contributed by atoms with Gasteiger partial charge in [0.1, 0.15) is 5.00 Å². The second-order valence-electron chi connectivity index (χ2n) is 2.17. The highest BCUT2D eigenvalue weighted by Gasteiger charge is 2.12. The van der Waals surface area contributed by atoms with Gasteiger partial charge in [0.25, 0.3) is 0 Å². The van der Waals surface area contributed by atoms with Crippen molar-refractivity contribution >= 4 is 28.3 Å². The molecule has 0 saturated carbocycles. The summed E-state index contributed by atoms with van der Waals surface area (Å²) in [6.07, 6.45) is 0. The van der Waals surface area contributed by atoms with Crippen molar-refractivity contribution in [2.45, 2.75) is 0 Å². The van der Waals surface area contributed by atoms with Crippen LogP contribution in [0.1, 0.15) is 10.4 Å². The topological polar surface area (TPSA) is 90.7 Å². The number of esters is 1. The second kappa shape index (κ2) is 3.90. The van der Waals surface area contributed by atoms with Crippen LogP contribution in [0.25, 0.3) is 0 Å². The van der Waals surface area contributed by atoms with Gasteiger partial charge >= 0.3 is 5.97 Å². The molecule has 70 valence electrons. The molecule has 1 rings (SSSR count). The fourth-order valence-corrected chi connectivity index (χ4v) is 1.54. The number of hydrogen-bond donors (Lipinski definition) is 2. The van der Waals surface area contributed by atoms with Gasteiger partial charge in [-0.25, -0.2) is 9.79 Å². The lowest BCUT2D eigenvalue weighted by molar-refractivity contribution is 0.0602. The molecule has 0 aliphatic carbocycles. The minimum atomic E-state index is -0.443. The van der Waals surface area contributed by atoms with Crippen molar-refractivity contribution in [1.82, 2.24) is 0 Å². The summed E-state index contributed by atoms with van der Waals surface area (Å²) in [6, 6.07) is 1.61. The van der Waals surface area contributed by atoms with E-state index in [-0.39, 0.29) is 5.96 Å². The number of nitrogens with two attached hydrogens (primary N) is 2. The Kier molecular flexibility index (Phi) is 2.86. The molecular weight excluding hydrogens is 190 g/mol. The molecule has 0 unspecified atom stereocenters. The molecule has 0 atom stereocenters. The molecular formula is C7H9N3O2S. The van der Waals surface area contributed by atoms with E-state index in [1.807, 2.05) is 0 Å². The number of thiophene rings is 1. The summed E-state index contributed by atoms with van der Waals surface area (Å²) in [5.74, 6) is -0.520. The Bertz CT molecular complexity index is 341. The van der Waals surface area contributed by atoms with Crippen molar-refractivity contribution in [1.29, 1.82) is 0 Å². The van der Waals surface area contributed by atoms with Crippen LogP contribution in [-0.2, 0) is 4.74 Å². The van der Waals surface area contributed by atoms with Crippen molar-refractivity contribution in [2.24, 2.45) is 16.5 Å². The van der Waals surface area contributed by atoms with Gasteiger partial charge in [0.05, 0.1) is 12.7 Å². The average Bonchev–Trinajstić information content (AvgIpc) is 2.50. The maximum absolute atomic E-state index is 11.1. The summed E-state index contributed by atoms with van der Waals surface area (Å²) < 4.78 is 4.53. The number of carbonyl (C=O) groups excluding carboxylic acids is 1. The summed E-state index contributed by atoms with van der Waals surface area (Å²) in [6.45, 7) is 0. The highest BCUT2D eigenvalue weighted by atomic mass is 32.1. The Morgan fingerprint density at radius 3 is 2.85 bits per heavy atom. The molecule has 0 amide bonds. The van der Waals surface area contributed by atoms with Crippen LogP contribution in [0.2, 0.25) is 0 Å². The maximum atomic E-state index is 11.1. The molecule has 0 fully saturated rings. The normalized spacial score (nSPS) is 9.31. The molecule has 4 N–H and O–H groups in total. The fourth-order valence-electron chi connectivity index (χ4n) is 0.770. The largest absolute Gasteiger partial charge is 0.465 e. The van der Waals surface area contributed by atoms with Crippen molar-refractivity contribution in [3.63, 3.8) is 0 Å². The number of methoxy groups -OCH3 is 1. The van der Waals surface area contributed by atoms with E-state index in [4.69, 9.17) is 11.5 Å². The third-order valence-electron chi connectivity index (χ3n) is 1.28. The van der Waals surface area contributed by atoms with Crippen molar-refractivity contribution in [3.05, 3.63) is 17.0 Å². The number of guanidine groups is 1. The highest BCUT2D eigenvalue weighted by Crippen LogP contribution is 2.26. The van der Waals surface area contributed by atoms with E-state index in [0.29, 0.717) is 10.6 Å². The first-order valence-electron chi connectivity index (χ1n) is 3.40. The average molecular weight is 199 g/mol. The van der Waals surface area contributed by atoms with Gasteiger partial charge < -0.3 is 16.2 Å². The number of nitrogens with zero attached hydrogens (tertiary/aromatic N) is 1. The van der Waals surface area contributed by atoms with E-state index in [2.05, 4.69) is 9.73 Å². The molecule has 0 aromatic carbocycles. The number of rotatable bonds is 2. The molecule has 1 heterocycles. The van der Waals surface area contributed by atoms with Crippen LogP contribution in [-0.4, -0.2) is 19.0 Å². The molecule has 0 saturated heterocycles. The first-order valence-corrected chi connectivity index (χ1v) is 4.28. The number of hydrogen-bond acceptors (Lipinski definition) is 4. The number of carbonyl (C=O) groups is 1. The lowest BCUT2D eigenvalue weighted by Gasteiger charge is -1.96. The smallest absolute Gasteiger partial charge is 0.340 e. The summed E-state index contributed by atoms with van der Waals surface area (Å²) in [5, 5.41) is 2.18. The van der Waals surface area contributed by atoms with E-state index >= 15 is 0 Å². The van der Waals surface area contributed by atoms with Gasteiger partial charge in [0.15, 0.2) is 5.96 Å². The molecule has 5 nitrogen and oxygen atoms in total. The molecule has 1 aromatic heterocycles. The molecule has 13 heavy (non-hydrogen) atoms. The van der Waals surface area contributed by atoms with Gasteiger partial charge in [0.2, 0.25) is 0 Å². The van der Waals surface area contributed by atoms with Crippen LogP contribution in [0.4, 0.5) is 5.00 Å². The lowest BCUT2D eigenvalue weighted by Crippen LogP contribution is -2.22.